The molecule has 33 heavy (non-hydrogen) atoms. The largest absolute Gasteiger partial charge is 0.477 e. The van der Waals surface area contributed by atoms with Crippen molar-refractivity contribution in [3.05, 3.63) is 47.4 Å². The third-order valence-electron chi connectivity index (χ3n) is 5.72. The Morgan fingerprint density at radius 1 is 1.33 bits per heavy atom. The summed E-state index contributed by atoms with van der Waals surface area (Å²) in [6, 6.07) is 6.28. The van der Waals surface area contributed by atoms with Gasteiger partial charge in [-0.15, -0.1) is 0 Å². The van der Waals surface area contributed by atoms with Gasteiger partial charge >= 0.3 is 0 Å². The Hall–Kier alpha value is -3.35. The molecule has 0 saturated carbocycles. The molecular weight excluding hydrogens is 412 g/mol. The van der Waals surface area contributed by atoms with Crippen molar-refractivity contribution in [3.8, 4) is 17.1 Å². The second kappa shape index (κ2) is 10.5. The number of rotatable bonds is 9. The van der Waals surface area contributed by atoms with Gasteiger partial charge < -0.3 is 20.4 Å². The second-order valence-electron chi connectivity index (χ2n) is 8.37. The van der Waals surface area contributed by atoms with E-state index in [1.54, 1.807) is 13.2 Å². The molecule has 0 fully saturated rings. The van der Waals surface area contributed by atoms with Crippen LogP contribution in [0, 0.1) is 6.92 Å². The zero-order valence-electron chi connectivity index (χ0n) is 20.9. The summed E-state index contributed by atoms with van der Waals surface area (Å²) in [5.41, 5.74) is 15.1. The SMILES string of the molecule is CCOc1ncccc1-c1cc(NCC(N)=CC(C)=NC)c2c(n1)c(C)c(CC)n2C(C)C. The summed E-state index contributed by atoms with van der Waals surface area (Å²) in [7, 11) is 1.76. The average molecular weight is 449 g/mol. The molecule has 0 spiro atoms. The third-order valence-corrected chi connectivity index (χ3v) is 5.72. The van der Waals surface area contributed by atoms with Crippen LogP contribution in [0.4, 0.5) is 5.69 Å². The number of hydrogen-bond donors (Lipinski definition) is 2. The van der Waals surface area contributed by atoms with Crippen LogP contribution in [-0.4, -0.2) is 40.4 Å². The number of anilines is 1. The van der Waals surface area contributed by atoms with E-state index in [-0.39, 0.29) is 0 Å². The topological polar surface area (TPSA) is 90.3 Å². The van der Waals surface area contributed by atoms with E-state index in [2.05, 4.69) is 53.6 Å². The zero-order chi connectivity index (χ0) is 24.1. The molecule has 0 radical (unpaired) electrons. The number of pyridine rings is 2. The Morgan fingerprint density at radius 2 is 2.09 bits per heavy atom. The lowest BCUT2D eigenvalue weighted by Crippen LogP contribution is -2.14. The maximum Gasteiger partial charge on any atom is 0.222 e. The highest BCUT2D eigenvalue weighted by Crippen LogP contribution is 2.37. The molecular formula is C26H36N6O. The van der Waals surface area contributed by atoms with Gasteiger partial charge in [-0.3, -0.25) is 4.99 Å². The molecule has 3 aromatic rings. The van der Waals surface area contributed by atoms with E-state index in [9.17, 15) is 0 Å². The quantitative estimate of drug-likeness (QED) is 0.434. The molecule has 0 aliphatic heterocycles. The summed E-state index contributed by atoms with van der Waals surface area (Å²) in [5, 5.41) is 3.57. The predicted octanol–water partition coefficient (Wildman–Crippen LogP) is 5.29. The van der Waals surface area contributed by atoms with E-state index in [0.717, 1.165) is 45.8 Å². The molecule has 0 saturated heterocycles. The fraction of sp³-hybridized carbons (Fsp3) is 0.423. The van der Waals surface area contributed by atoms with Crippen LogP contribution in [0.1, 0.15) is 51.9 Å². The van der Waals surface area contributed by atoms with E-state index in [1.807, 2.05) is 32.1 Å². The van der Waals surface area contributed by atoms with Gasteiger partial charge in [-0.25, -0.2) is 9.97 Å². The number of nitrogens with one attached hydrogen (secondary N) is 1. The number of fused-ring (bicyclic) bond motifs is 1. The van der Waals surface area contributed by atoms with Gasteiger partial charge in [-0.05, 0) is 70.9 Å². The molecule has 3 N–H and O–H groups in total. The molecule has 7 heteroatoms. The van der Waals surface area contributed by atoms with Crippen LogP contribution in [0.5, 0.6) is 5.88 Å². The maximum atomic E-state index is 6.28. The second-order valence-corrected chi connectivity index (χ2v) is 8.37. The van der Waals surface area contributed by atoms with E-state index >= 15 is 0 Å². The molecule has 3 heterocycles. The highest BCUT2D eigenvalue weighted by Gasteiger charge is 2.21. The first-order chi connectivity index (χ1) is 15.8. The summed E-state index contributed by atoms with van der Waals surface area (Å²) in [4.78, 5) is 13.7. The highest BCUT2D eigenvalue weighted by atomic mass is 16.5. The molecule has 176 valence electrons. The van der Waals surface area contributed by atoms with Crippen LogP contribution in [-0.2, 0) is 6.42 Å². The summed E-state index contributed by atoms with van der Waals surface area (Å²) >= 11 is 0. The first kappa shape index (κ1) is 24.3. The molecule has 3 aromatic heterocycles. The Labute approximate surface area is 196 Å². The number of nitrogens with zero attached hydrogens (tertiary/aromatic N) is 4. The van der Waals surface area contributed by atoms with Gasteiger partial charge in [0, 0.05) is 36.4 Å². The highest BCUT2D eigenvalue weighted by molar-refractivity contribution is 5.96. The first-order valence-corrected chi connectivity index (χ1v) is 11.6. The number of aromatic nitrogens is 3. The minimum Gasteiger partial charge on any atom is -0.477 e. The lowest BCUT2D eigenvalue weighted by molar-refractivity contribution is 0.328. The smallest absolute Gasteiger partial charge is 0.222 e. The van der Waals surface area contributed by atoms with Gasteiger partial charge in [0.2, 0.25) is 5.88 Å². The molecule has 3 rings (SSSR count). The Bertz CT molecular complexity index is 1190. The summed E-state index contributed by atoms with van der Waals surface area (Å²) in [5.74, 6) is 0.587. The zero-order valence-corrected chi connectivity index (χ0v) is 20.9. The number of ether oxygens (including phenoxy) is 1. The molecule has 7 nitrogen and oxygen atoms in total. The lowest BCUT2D eigenvalue weighted by atomic mass is 10.1. The number of nitrogens with two attached hydrogens (primary N) is 1. The maximum absolute atomic E-state index is 6.28. The fourth-order valence-electron chi connectivity index (χ4n) is 4.19. The average Bonchev–Trinajstić information content (AvgIpc) is 3.10. The van der Waals surface area contributed by atoms with Crippen molar-refractivity contribution >= 4 is 22.4 Å². The van der Waals surface area contributed by atoms with Crippen LogP contribution < -0.4 is 15.8 Å². The van der Waals surface area contributed by atoms with Crippen molar-refractivity contribution in [2.75, 3.05) is 25.5 Å². The van der Waals surface area contributed by atoms with E-state index in [4.69, 9.17) is 15.5 Å². The fourth-order valence-corrected chi connectivity index (χ4v) is 4.19. The first-order valence-electron chi connectivity index (χ1n) is 11.6. The summed E-state index contributed by atoms with van der Waals surface area (Å²) in [6.07, 6.45) is 4.57. The van der Waals surface area contributed by atoms with Gasteiger partial charge in [0.15, 0.2) is 0 Å². The van der Waals surface area contributed by atoms with Gasteiger partial charge in [0.1, 0.15) is 0 Å². The Balaban J connectivity index is 2.24. The van der Waals surface area contributed by atoms with Crippen LogP contribution in [0.25, 0.3) is 22.3 Å². The van der Waals surface area contributed by atoms with Crippen molar-refractivity contribution in [3.63, 3.8) is 0 Å². The number of allylic oxidation sites excluding steroid dienone is 1. The van der Waals surface area contributed by atoms with Crippen molar-refractivity contribution < 1.29 is 4.74 Å². The number of aryl methyl sites for hydroxylation is 1. The van der Waals surface area contributed by atoms with Crippen molar-refractivity contribution in [2.24, 2.45) is 10.7 Å². The van der Waals surface area contributed by atoms with Crippen LogP contribution in [0.15, 0.2) is 41.2 Å². The molecule has 0 bridgehead atoms. The molecule has 0 atom stereocenters. The Morgan fingerprint density at radius 3 is 2.73 bits per heavy atom. The van der Waals surface area contributed by atoms with E-state index in [1.165, 1.54) is 11.3 Å². The normalized spacial score (nSPS) is 12.6. The monoisotopic (exact) mass is 448 g/mol. The molecule has 0 amide bonds. The van der Waals surface area contributed by atoms with Crippen molar-refractivity contribution in [1.29, 1.82) is 0 Å². The van der Waals surface area contributed by atoms with Crippen LogP contribution in [0.2, 0.25) is 0 Å². The van der Waals surface area contributed by atoms with E-state index < -0.39 is 0 Å². The van der Waals surface area contributed by atoms with Crippen LogP contribution in [0.3, 0.4) is 0 Å². The van der Waals surface area contributed by atoms with Crippen molar-refractivity contribution in [1.82, 2.24) is 14.5 Å². The van der Waals surface area contributed by atoms with E-state index in [0.29, 0.717) is 25.1 Å². The molecule has 0 unspecified atom stereocenters. The van der Waals surface area contributed by atoms with Gasteiger partial charge in [0.05, 0.1) is 41.1 Å². The summed E-state index contributed by atoms with van der Waals surface area (Å²) in [6.45, 7) is 13.7. The summed E-state index contributed by atoms with van der Waals surface area (Å²) < 4.78 is 8.18. The molecule has 0 aliphatic carbocycles. The molecule has 0 aromatic carbocycles. The standard InChI is InChI=1S/C26H36N6O/c1-8-23-18(6)24-25(32(23)16(3)4)22(30-15-19(27)13-17(5)28-7)14-21(31-24)20-11-10-12-29-26(20)33-9-2/h10-14,16H,8-9,15,27H2,1-7H3,(H,30,31). The van der Waals surface area contributed by atoms with Gasteiger partial charge in [0.25, 0.3) is 0 Å². The number of aliphatic imine (C=N–C) groups is 1. The van der Waals surface area contributed by atoms with Gasteiger partial charge in [-0.1, -0.05) is 6.92 Å². The third kappa shape index (κ3) is 5.02. The Kier molecular flexibility index (Phi) is 7.74. The minimum absolute atomic E-state index is 0.295. The van der Waals surface area contributed by atoms with Crippen LogP contribution >= 0.6 is 0 Å². The minimum atomic E-state index is 0.295. The van der Waals surface area contributed by atoms with Crippen molar-refractivity contribution in [2.45, 2.75) is 54.0 Å². The van der Waals surface area contributed by atoms with Gasteiger partial charge in [-0.2, -0.15) is 0 Å². The predicted molar refractivity (Wildman–Crippen MR) is 138 cm³/mol. The molecule has 0 aliphatic rings. The number of hydrogen-bond acceptors (Lipinski definition) is 6. The lowest BCUT2D eigenvalue weighted by Gasteiger charge is -2.18.